The van der Waals surface area contributed by atoms with Crippen molar-refractivity contribution in [3.8, 4) is 0 Å². The van der Waals surface area contributed by atoms with Crippen molar-refractivity contribution < 1.29 is 4.79 Å². The number of ketones is 1. The highest BCUT2D eigenvalue weighted by Gasteiger charge is 2.52. The van der Waals surface area contributed by atoms with E-state index in [1.165, 1.54) is 32.1 Å². The van der Waals surface area contributed by atoms with Gasteiger partial charge in [-0.2, -0.15) is 0 Å². The average Bonchev–Trinajstić information content (AvgIpc) is 2.64. The zero-order valence-corrected chi connectivity index (χ0v) is 8.33. The minimum absolute atomic E-state index is 0.384. The Morgan fingerprint density at radius 2 is 1.92 bits per heavy atom. The summed E-state index contributed by atoms with van der Waals surface area (Å²) in [6.07, 6.45) is 6.62. The third-order valence-corrected chi connectivity index (χ3v) is 4.81. The second-order valence-electron chi connectivity index (χ2n) is 5.40. The van der Waals surface area contributed by atoms with E-state index in [1.54, 1.807) is 0 Å². The Morgan fingerprint density at radius 3 is 2.77 bits per heavy atom. The number of carbonyl (C=O) groups is 1. The molecule has 1 heteroatoms. The van der Waals surface area contributed by atoms with E-state index in [-0.39, 0.29) is 0 Å². The molecular formula is C12H18O. The molecule has 0 aliphatic heterocycles. The maximum Gasteiger partial charge on any atom is 0.139 e. The minimum atomic E-state index is 0.384. The van der Waals surface area contributed by atoms with Gasteiger partial charge in [-0.3, -0.25) is 4.79 Å². The third-order valence-electron chi connectivity index (χ3n) is 4.81. The molecule has 1 nitrogen and oxygen atoms in total. The standard InChI is InChI=1S/C12H18O/c1-7-5-8-6-11(12(7)13)10-4-2-3-9(8)10/h7-11H,2-6H2,1H3. The molecule has 0 amide bonds. The fourth-order valence-electron chi connectivity index (χ4n) is 4.31. The molecule has 5 unspecified atom stereocenters. The molecule has 0 spiro atoms. The van der Waals surface area contributed by atoms with E-state index in [4.69, 9.17) is 0 Å². The summed E-state index contributed by atoms with van der Waals surface area (Å²) in [6, 6.07) is 0. The number of hydrogen-bond acceptors (Lipinski definition) is 1. The van der Waals surface area contributed by atoms with E-state index in [0.717, 1.165) is 17.8 Å². The predicted octanol–water partition coefficient (Wildman–Crippen LogP) is 2.65. The smallest absolute Gasteiger partial charge is 0.139 e. The van der Waals surface area contributed by atoms with Gasteiger partial charge in [0.2, 0.25) is 0 Å². The topological polar surface area (TPSA) is 17.1 Å². The first-order valence-corrected chi connectivity index (χ1v) is 5.81. The van der Waals surface area contributed by atoms with E-state index >= 15 is 0 Å². The highest BCUT2D eigenvalue weighted by Crippen LogP contribution is 2.56. The molecule has 3 rings (SSSR count). The van der Waals surface area contributed by atoms with Gasteiger partial charge in [-0.25, -0.2) is 0 Å². The van der Waals surface area contributed by atoms with Gasteiger partial charge in [-0.05, 0) is 43.4 Å². The van der Waals surface area contributed by atoms with Crippen molar-refractivity contribution in [1.29, 1.82) is 0 Å². The highest BCUT2D eigenvalue weighted by molar-refractivity contribution is 5.84. The van der Waals surface area contributed by atoms with Gasteiger partial charge in [-0.1, -0.05) is 13.3 Å². The van der Waals surface area contributed by atoms with Gasteiger partial charge in [0.05, 0.1) is 0 Å². The molecule has 0 aromatic rings. The van der Waals surface area contributed by atoms with Gasteiger partial charge >= 0.3 is 0 Å². The SMILES string of the molecule is CC1CC2CC(C1=O)C1CCCC21. The molecule has 3 saturated carbocycles. The first-order chi connectivity index (χ1) is 6.27. The van der Waals surface area contributed by atoms with Crippen LogP contribution in [-0.4, -0.2) is 5.78 Å². The monoisotopic (exact) mass is 178 g/mol. The van der Waals surface area contributed by atoms with Crippen LogP contribution in [0.25, 0.3) is 0 Å². The van der Waals surface area contributed by atoms with Crippen LogP contribution in [0.15, 0.2) is 0 Å². The second kappa shape index (κ2) is 2.59. The van der Waals surface area contributed by atoms with Gasteiger partial charge in [0, 0.05) is 11.8 Å². The number of carbonyl (C=O) groups excluding carboxylic acids is 1. The maximum absolute atomic E-state index is 11.9. The zero-order valence-electron chi connectivity index (χ0n) is 8.33. The lowest BCUT2D eigenvalue weighted by molar-refractivity contribution is -0.129. The molecule has 2 bridgehead atoms. The van der Waals surface area contributed by atoms with Gasteiger partial charge in [-0.15, -0.1) is 0 Å². The number of fused-ring (bicyclic) bond motifs is 5. The van der Waals surface area contributed by atoms with Crippen LogP contribution in [0.5, 0.6) is 0 Å². The van der Waals surface area contributed by atoms with Gasteiger partial charge in [0.1, 0.15) is 5.78 Å². The van der Waals surface area contributed by atoms with Crippen LogP contribution in [0, 0.1) is 29.6 Å². The van der Waals surface area contributed by atoms with Crippen molar-refractivity contribution in [3.05, 3.63) is 0 Å². The zero-order chi connectivity index (χ0) is 9.00. The molecule has 3 fully saturated rings. The summed E-state index contributed by atoms with van der Waals surface area (Å²) in [5.74, 6) is 4.15. The molecule has 3 aliphatic rings. The van der Waals surface area contributed by atoms with E-state index < -0.39 is 0 Å². The van der Waals surface area contributed by atoms with E-state index in [1.807, 2.05) is 0 Å². The molecule has 0 radical (unpaired) electrons. The second-order valence-corrected chi connectivity index (χ2v) is 5.40. The summed E-state index contributed by atoms with van der Waals surface area (Å²) in [6.45, 7) is 2.14. The number of Topliss-reactive ketones (excluding diaryl/α,β-unsaturated/α-hetero) is 1. The average molecular weight is 178 g/mol. The predicted molar refractivity (Wildman–Crippen MR) is 51.2 cm³/mol. The first-order valence-electron chi connectivity index (χ1n) is 5.81. The molecular weight excluding hydrogens is 160 g/mol. The normalized spacial score (nSPS) is 53.9. The van der Waals surface area contributed by atoms with E-state index in [2.05, 4.69) is 6.92 Å². The Labute approximate surface area is 79.9 Å². The molecule has 0 heterocycles. The van der Waals surface area contributed by atoms with Crippen LogP contribution in [-0.2, 0) is 4.79 Å². The van der Waals surface area contributed by atoms with Crippen molar-refractivity contribution in [2.45, 2.75) is 39.0 Å². The Morgan fingerprint density at radius 1 is 1.15 bits per heavy atom. The largest absolute Gasteiger partial charge is 0.299 e. The summed E-state index contributed by atoms with van der Waals surface area (Å²) in [5, 5.41) is 0. The lowest BCUT2D eigenvalue weighted by Gasteiger charge is -2.25. The van der Waals surface area contributed by atoms with Crippen LogP contribution in [0.2, 0.25) is 0 Å². The lowest BCUT2D eigenvalue weighted by atomic mass is 9.78. The fourth-order valence-corrected chi connectivity index (χ4v) is 4.31. The van der Waals surface area contributed by atoms with Crippen LogP contribution >= 0.6 is 0 Å². The minimum Gasteiger partial charge on any atom is -0.299 e. The molecule has 5 atom stereocenters. The first kappa shape index (κ1) is 8.02. The fraction of sp³-hybridized carbons (Fsp3) is 0.917. The van der Waals surface area contributed by atoms with Gasteiger partial charge < -0.3 is 0 Å². The Hall–Kier alpha value is -0.330. The quantitative estimate of drug-likeness (QED) is 0.557. The van der Waals surface area contributed by atoms with Crippen molar-refractivity contribution in [3.63, 3.8) is 0 Å². The number of rotatable bonds is 0. The van der Waals surface area contributed by atoms with Crippen molar-refractivity contribution in [2.75, 3.05) is 0 Å². The molecule has 0 saturated heterocycles. The van der Waals surface area contributed by atoms with Crippen LogP contribution in [0.3, 0.4) is 0 Å². The maximum atomic E-state index is 11.9. The van der Waals surface area contributed by atoms with Crippen LogP contribution in [0.1, 0.15) is 39.0 Å². The summed E-state index contributed by atoms with van der Waals surface area (Å²) < 4.78 is 0. The molecule has 72 valence electrons. The van der Waals surface area contributed by atoms with Crippen LogP contribution in [0.4, 0.5) is 0 Å². The summed E-state index contributed by atoms with van der Waals surface area (Å²) in [5.41, 5.74) is 0. The Bertz CT molecular complexity index is 244. The molecule has 0 aromatic heterocycles. The molecule has 3 aliphatic carbocycles. The van der Waals surface area contributed by atoms with Crippen molar-refractivity contribution in [2.24, 2.45) is 29.6 Å². The Balaban J connectivity index is 1.93. The number of hydrogen-bond donors (Lipinski definition) is 0. The highest BCUT2D eigenvalue weighted by atomic mass is 16.1. The molecule has 0 aromatic carbocycles. The van der Waals surface area contributed by atoms with Gasteiger partial charge in [0.15, 0.2) is 0 Å². The van der Waals surface area contributed by atoms with Gasteiger partial charge in [0.25, 0.3) is 0 Å². The van der Waals surface area contributed by atoms with Crippen molar-refractivity contribution >= 4 is 5.78 Å². The summed E-state index contributed by atoms with van der Waals surface area (Å²) >= 11 is 0. The molecule has 0 N–H and O–H groups in total. The lowest BCUT2D eigenvalue weighted by Crippen LogP contribution is -2.28. The van der Waals surface area contributed by atoms with Crippen molar-refractivity contribution in [1.82, 2.24) is 0 Å². The van der Waals surface area contributed by atoms with E-state index in [9.17, 15) is 4.79 Å². The third kappa shape index (κ3) is 0.963. The van der Waals surface area contributed by atoms with E-state index in [0.29, 0.717) is 17.6 Å². The van der Waals surface area contributed by atoms with Crippen LogP contribution < -0.4 is 0 Å². The summed E-state index contributed by atoms with van der Waals surface area (Å²) in [7, 11) is 0. The Kier molecular flexibility index (Phi) is 1.59. The molecule has 13 heavy (non-hydrogen) atoms. The summed E-state index contributed by atoms with van der Waals surface area (Å²) in [4.78, 5) is 11.9.